The zero-order chi connectivity index (χ0) is 15.7. The molecule has 0 saturated carbocycles. The van der Waals surface area contributed by atoms with E-state index in [9.17, 15) is 13.5 Å². The third-order valence-corrected chi connectivity index (χ3v) is 4.87. The number of aromatic hydroxyl groups is 1. The maximum absolute atomic E-state index is 12.4. The van der Waals surface area contributed by atoms with Crippen molar-refractivity contribution in [2.24, 2.45) is 0 Å². The molecule has 0 bridgehead atoms. The average molecular weight is 313 g/mol. The molecule has 0 radical (unpaired) electrons. The fourth-order valence-corrected chi connectivity index (χ4v) is 3.31. The number of benzene rings is 3. The molecule has 0 heterocycles. The van der Waals surface area contributed by atoms with Crippen LogP contribution in [0.4, 0.5) is 5.69 Å². The van der Waals surface area contributed by atoms with E-state index >= 15 is 0 Å². The molecule has 22 heavy (non-hydrogen) atoms. The second kappa shape index (κ2) is 5.35. The summed E-state index contributed by atoms with van der Waals surface area (Å²) in [4.78, 5) is 0.186. The van der Waals surface area contributed by atoms with Crippen molar-refractivity contribution in [3.63, 3.8) is 0 Å². The summed E-state index contributed by atoms with van der Waals surface area (Å²) in [6.45, 7) is 1.75. The Labute approximate surface area is 129 Å². The van der Waals surface area contributed by atoms with Gasteiger partial charge in [-0.1, -0.05) is 36.4 Å². The highest BCUT2D eigenvalue weighted by Gasteiger charge is 2.15. The average Bonchev–Trinajstić information content (AvgIpc) is 2.50. The number of hydrogen-bond donors (Lipinski definition) is 2. The first kappa shape index (κ1) is 14.4. The van der Waals surface area contributed by atoms with E-state index in [1.807, 2.05) is 24.3 Å². The van der Waals surface area contributed by atoms with Crippen LogP contribution in [0.1, 0.15) is 5.56 Å². The summed E-state index contributed by atoms with van der Waals surface area (Å²) in [5.74, 6) is 0.0544. The Balaban J connectivity index is 1.98. The number of phenolic OH excluding ortho intramolecular Hbond substituents is 1. The van der Waals surface area contributed by atoms with E-state index in [2.05, 4.69) is 4.72 Å². The maximum Gasteiger partial charge on any atom is 0.261 e. The van der Waals surface area contributed by atoms with Crippen LogP contribution in [0.15, 0.2) is 65.6 Å². The van der Waals surface area contributed by atoms with Crippen molar-refractivity contribution in [1.29, 1.82) is 0 Å². The molecule has 5 heteroatoms. The van der Waals surface area contributed by atoms with Crippen molar-refractivity contribution in [1.82, 2.24) is 0 Å². The van der Waals surface area contributed by atoms with E-state index in [1.165, 1.54) is 6.07 Å². The molecule has 0 atom stereocenters. The van der Waals surface area contributed by atoms with Gasteiger partial charge in [-0.15, -0.1) is 0 Å². The molecule has 112 valence electrons. The molecule has 0 aromatic heterocycles. The Hall–Kier alpha value is -2.53. The molecule has 0 unspecified atom stereocenters. The predicted molar refractivity (Wildman–Crippen MR) is 87.6 cm³/mol. The third-order valence-electron chi connectivity index (χ3n) is 3.49. The molecule has 3 aromatic rings. The largest absolute Gasteiger partial charge is 0.508 e. The summed E-state index contributed by atoms with van der Waals surface area (Å²) in [5, 5.41) is 11.5. The summed E-state index contributed by atoms with van der Waals surface area (Å²) in [7, 11) is -3.70. The van der Waals surface area contributed by atoms with Gasteiger partial charge in [0, 0.05) is 6.07 Å². The van der Waals surface area contributed by atoms with Gasteiger partial charge in [0.05, 0.1) is 10.6 Å². The molecular weight excluding hydrogens is 298 g/mol. The molecule has 4 nitrogen and oxygen atoms in total. The molecule has 0 amide bonds. The van der Waals surface area contributed by atoms with Gasteiger partial charge in [0.15, 0.2) is 0 Å². The van der Waals surface area contributed by atoms with Crippen molar-refractivity contribution >= 4 is 26.5 Å². The van der Waals surface area contributed by atoms with Gasteiger partial charge in [-0.25, -0.2) is 8.42 Å². The highest BCUT2D eigenvalue weighted by Crippen LogP contribution is 2.24. The molecule has 3 rings (SSSR count). The monoisotopic (exact) mass is 313 g/mol. The number of fused-ring (bicyclic) bond motifs is 1. The Morgan fingerprint density at radius 2 is 1.64 bits per heavy atom. The topological polar surface area (TPSA) is 66.4 Å². The minimum absolute atomic E-state index is 0.0544. The molecule has 0 aliphatic carbocycles. The Morgan fingerprint density at radius 1 is 0.909 bits per heavy atom. The highest BCUT2D eigenvalue weighted by molar-refractivity contribution is 7.92. The van der Waals surface area contributed by atoms with Crippen LogP contribution in [-0.2, 0) is 10.0 Å². The lowest BCUT2D eigenvalue weighted by atomic mass is 10.1. The number of rotatable bonds is 3. The van der Waals surface area contributed by atoms with Gasteiger partial charge in [-0.3, -0.25) is 4.72 Å². The molecule has 0 fully saturated rings. The lowest BCUT2D eigenvalue weighted by Gasteiger charge is -2.10. The van der Waals surface area contributed by atoms with Gasteiger partial charge in [0.1, 0.15) is 5.75 Å². The van der Waals surface area contributed by atoms with Crippen LogP contribution >= 0.6 is 0 Å². The van der Waals surface area contributed by atoms with E-state index in [-0.39, 0.29) is 10.6 Å². The smallest absolute Gasteiger partial charge is 0.261 e. The van der Waals surface area contributed by atoms with Crippen LogP contribution in [0, 0.1) is 6.92 Å². The number of nitrogens with one attached hydrogen (secondary N) is 1. The maximum atomic E-state index is 12.4. The SMILES string of the molecule is Cc1ccc(NS(=O)(=O)c2ccc3ccccc3c2)cc1O. The van der Waals surface area contributed by atoms with Crippen molar-refractivity contribution in [2.45, 2.75) is 11.8 Å². The number of hydrogen-bond acceptors (Lipinski definition) is 3. The molecule has 0 spiro atoms. The lowest BCUT2D eigenvalue weighted by molar-refractivity contribution is 0.471. The number of anilines is 1. The van der Waals surface area contributed by atoms with Crippen LogP contribution in [0.3, 0.4) is 0 Å². The first-order chi connectivity index (χ1) is 10.5. The van der Waals surface area contributed by atoms with E-state index < -0.39 is 10.0 Å². The second-order valence-corrected chi connectivity index (χ2v) is 6.80. The molecule has 2 N–H and O–H groups in total. The van der Waals surface area contributed by atoms with Crippen molar-refractivity contribution in [3.8, 4) is 5.75 Å². The van der Waals surface area contributed by atoms with E-state index in [0.717, 1.165) is 10.8 Å². The number of sulfonamides is 1. The molecule has 0 aliphatic rings. The fourth-order valence-electron chi connectivity index (χ4n) is 2.22. The summed E-state index contributed by atoms with van der Waals surface area (Å²) < 4.78 is 27.4. The standard InChI is InChI=1S/C17H15NO3S/c1-12-6-8-15(11-17(12)19)18-22(20,21)16-9-7-13-4-2-3-5-14(13)10-16/h2-11,18-19H,1H3. The van der Waals surface area contributed by atoms with Gasteiger partial charge in [-0.2, -0.15) is 0 Å². The second-order valence-electron chi connectivity index (χ2n) is 5.12. The zero-order valence-electron chi connectivity index (χ0n) is 11.9. The first-order valence-corrected chi connectivity index (χ1v) is 8.25. The molecule has 0 aliphatic heterocycles. The van der Waals surface area contributed by atoms with Gasteiger partial charge >= 0.3 is 0 Å². The minimum atomic E-state index is -3.70. The fraction of sp³-hybridized carbons (Fsp3) is 0.0588. The van der Waals surface area contributed by atoms with Gasteiger partial charge in [0.2, 0.25) is 0 Å². The summed E-state index contributed by atoms with van der Waals surface area (Å²) in [6, 6.07) is 17.2. The van der Waals surface area contributed by atoms with Gasteiger partial charge < -0.3 is 5.11 Å². The van der Waals surface area contributed by atoms with Gasteiger partial charge in [-0.05, 0) is 41.5 Å². The first-order valence-electron chi connectivity index (χ1n) is 6.77. The number of phenols is 1. The van der Waals surface area contributed by atoms with Crippen LogP contribution in [-0.4, -0.2) is 13.5 Å². The van der Waals surface area contributed by atoms with E-state index in [1.54, 1.807) is 37.3 Å². The summed E-state index contributed by atoms with van der Waals surface area (Å²) >= 11 is 0. The normalized spacial score (nSPS) is 11.5. The Bertz CT molecular complexity index is 949. The molecular formula is C17H15NO3S. The lowest BCUT2D eigenvalue weighted by Crippen LogP contribution is -2.12. The van der Waals surface area contributed by atoms with Crippen molar-refractivity contribution in [3.05, 3.63) is 66.2 Å². The summed E-state index contributed by atoms with van der Waals surface area (Å²) in [6.07, 6.45) is 0. The summed E-state index contributed by atoms with van der Waals surface area (Å²) in [5.41, 5.74) is 1.02. The molecule has 0 saturated heterocycles. The third kappa shape index (κ3) is 2.76. The Morgan fingerprint density at radius 3 is 2.36 bits per heavy atom. The van der Waals surface area contributed by atoms with Crippen molar-refractivity contribution < 1.29 is 13.5 Å². The quantitative estimate of drug-likeness (QED) is 0.775. The minimum Gasteiger partial charge on any atom is -0.508 e. The van der Waals surface area contributed by atoms with E-state index in [4.69, 9.17) is 0 Å². The van der Waals surface area contributed by atoms with E-state index in [0.29, 0.717) is 11.3 Å². The zero-order valence-corrected chi connectivity index (χ0v) is 12.8. The van der Waals surface area contributed by atoms with Crippen LogP contribution < -0.4 is 4.72 Å². The molecule has 3 aromatic carbocycles. The van der Waals surface area contributed by atoms with Crippen LogP contribution in [0.5, 0.6) is 5.75 Å². The van der Waals surface area contributed by atoms with Crippen molar-refractivity contribution in [2.75, 3.05) is 4.72 Å². The Kier molecular flexibility index (Phi) is 3.50. The van der Waals surface area contributed by atoms with Crippen LogP contribution in [0.2, 0.25) is 0 Å². The van der Waals surface area contributed by atoms with Gasteiger partial charge in [0.25, 0.3) is 10.0 Å². The van der Waals surface area contributed by atoms with Crippen LogP contribution in [0.25, 0.3) is 10.8 Å². The predicted octanol–water partition coefficient (Wildman–Crippen LogP) is 3.65. The highest BCUT2D eigenvalue weighted by atomic mass is 32.2. The number of aryl methyl sites for hydroxylation is 1.